The highest BCUT2D eigenvalue weighted by molar-refractivity contribution is 6.36. The average Bonchev–Trinajstić information content (AvgIpc) is 2.83. The zero-order valence-electron chi connectivity index (χ0n) is 18.8. The molecule has 184 valence electrons. The third-order valence-corrected chi connectivity index (χ3v) is 7.06. The van der Waals surface area contributed by atoms with Gasteiger partial charge in [0.2, 0.25) is 0 Å². The van der Waals surface area contributed by atoms with Gasteiger partial charge in [-0.2, -0.15) is 0 Å². The molecule has 3 aromatic rings. The Bertz CT molecular complexity index is 1290. The molecule has 0 saturated carbocycles. The zero-order valence-corrected chi connectivity index (χ0v) is 20.4. The fourth-order valence-electron chi connectivity index (χ4n) is 4.41. The highest BCUT2D eigenvalue weighted by atomic mass is 35.5. The largest absolute Gasteiger partial charge is 0.485 e. The van der Waals surface area contributed by atoms with E-state index in [1.54, 1.807) is 19.1 Å². The van der Waals surface area contributed by atoms with Gasteiger partial charge in [0.25, 0.3) is 0 Å². The van der Waals surface area contributed by atoms with Gasteiger partial charge in [0.15, 0.2) is 23.1 Å². The van der Waals surface area contributed by atoms with Crippen molar-refractivity contribution in [2.75, 3.05) is 25.4 Å². The highest BCUT2D eigenvalue weighted by Gasteiger charge is 2.39. The van der Waals surface area contributed by atoms with Crippen LogP contribution >= 0.6 is 23.2 Å². The van der Waals surface area contributed by atoms with Crippen molar-refractivity contribution in [1.29, 1.82) is 0 Å². The van der Waals surface area contributed by atoms with Crippen molar-refractivity contribution >= 4 is 29.0 Å². The van der Waals surface area contributed by atoms with Crippen molar-refractivity contribution in [3.05, 3.63) is 63.8 Å². The Kier molecular flexibility index (Phi) is 6.38. The number of anilines is 1. The molecular weight excluding hydrogens is 499 g/mol. The van der Waals surface area contributed by atoms with Gasteiger partial charge in [0, 0.05) is 46.8 Å². The van der Waals surface area contributed by atoms with E-state index in [9.17, 15) is 4.39 Å². The van der Waals surface area contributed by atoms with Crippen molar-refractivity contribution in [2.24, 2.45) is 0 Å². The SMILES string of the molecule is C[C@@H](Oc1cc(-c2cc3c(cc2F)OC2(CCNCC2)CO3)cnc1N)c1c(Cl)ccc(F)c1Cl. The van der Waals surface area contributed by atoms with Crippen LogP contribution in [0.5, 0.6) is 17.2 Å². The number of piperidine rings is 1. The number of nitrogens with two attached hydrogens (primary N) is 1. The smallest absolute Gasteiger partial charge is 0.166 e. The van der Waals surface area contributed by atoms with Crippen LogP contribution in [0.15, 0.2) is 36.5 Å². The Hall–Kier alpha value is -2.81. The third-order valence-electron chi connectivity index (χ3n) is 6.35. The number of halogens is 4. The number of benzene rings is 2. The topological polar surface area (TPSA) is 78.6 Å². The van der Waals surface area contributed by atoms with Crippen molar-refractivity contribution in [2.45, 2.75) is 31.5 Å². The lowest BCUT2D eigenvalue weighted by Gasteiger charge is -2.41. The van der Waals surface area contributed by atoms with Crippen LogP contribution < -0.4 is 25.3 Å². The number of fused-ring (bicyclic) bond motifs is 1. The number of nitrogens with zero attached hydrogens (tertiary/aromatic N) is 1. The summed E-state index contributed by atoms with van der Waals surface area (Å²) in [4.78, 5) is 4.15. The third kappa shape index (κ3) is 4.58. The summed E-state index contributed by atoms with van der Waals surface area (Å²) in [7, 11) is 0. The molecule has 1 aromatic heterocycles. The lowest BCUT2D eigenvalue weighted by molar-refractivity contribution is -0.0304. The standard InChI is InChI=1S/C25H23Cl2F2N3O3/c1-13(22-16(26)2-3-17(28)23(22)27)34-21-8-14(11-32-24(21)30)15-9-19-20(10-18(15)29)35-25(12-33-19)4-6-31-7-5-25/h2-3,8-11,13,31H,4-7,12H2,1H3,(H2,30,32)/t13-/m1/s1. The van der Waals surface area contributed by atoms with E-state index in [1.165, 1.54) is 24.4 Å². The van der Waals surface area contributed by atoms with Crippen LogP contribution in [-0.4, -0.2) is 30.3 Å². The molecule has 2 aliphatic heterocycles. The van der Waals surface area contributed by atoms with Crippen LogP contribution in [0.3, 0.4) is 0 Å². The van der Waals surface area contributed by atoms with Crippen molar-refractivity contribution in [1.82, 2.24) is 10.3 Å². The fourth-order valence-corrected chi connectivity index (χ4v) is 5.09. The van der Waals surface area contributed by atoms with Gasteiger partial charge < -0.3 is 25.3 Å². The number of hydrogen-bond donors (Lipinski definition) is 2. The molecule has 1 saturated heterocycles. The van der Waals surface area contributed by atoms with Gasteiger partial charge in [0.1, 0.15) is 29.9 Å². The van der Waals surface area contributed by atoms with Crippen LogP contribution in [0.25, 0.3) is 11.1 Å². The summed E-state index contributed by atoms with van der Waals surface area (Å²) >= 11 is 12.3. The van der Waals surface area contributed by atoms with E-state index in [-0.39, 0.29) is 32.7 Å². The monoisotopic (exact) mass is 521 g/mol. The molecule has 1 spiro atoms. The van der Waals surface area contributed by atoms with Gasteiger partial charge >= 0.3 is 0 Å². The number of nitrogen functional groups attached to an aromatic ring is 1. The summed E-state index contributed by atoms with van der Waals surface area (Å²) in [6.45, 7) is 3.70. The normalized spacial score (nSPS) is 17.3. The molecule has 0 unspecified atom stereocenters. The fraction of sp³-hybridized carbons (Fsp3) is 0.320. The lowest BCUT2D eigenvalue weighted by Crippen LogP contribution is -2.52. The Morgan fingerprint density at radius 1 is 1.11 bits per heavy atom. The first-order valence-electron chi connectivity index (χ1n) is 11.2. The molecule has 3 N–H and O–H groups in total. The molecule has 10 heteroatoms. The first-order chi connectivity index (χ1) is 16.8. The van der Waals surface area contributed by atoms with E-state index < -0.39 is 23.3 Å². The number of ether oxygens (including phenoxy) is 3. The minimum absolute atomic E-state index is 0.0787. The molecular formula is C25H23Cl2F2N3O3. The molecule has 0 bridgehead atoms. The van der Waals surface area contributed by atoms with Crippen LogP contribution in [0.1, 0.15) is 31.4 Å². The van der Waals surface area contributed by atoms with E-state index in [0.29, 0.717) is 23.7 Å². The zero-order chi connectivity index (χ0) is 24.7. The van der Waals surface area contributed by atoms with E-state index in [0.717, 1.165) is 25.9 Å². The van der Waals surface area contributed by atoms with Crippen molar-refractivity contribution < 1.29 is 23.0 Å². The number of pyridine rings is 1. The minimum Gasteiger partial charge on any atom is -0.485 e. The summed E-state index contributed by atoms with van der Waals surface area (Å²) in [5.74, 6) is -0.0321. The molecule has 0 aliphatic carbocycles. The Morgan fingerprint density at radius 3 is 2.66 bits per heavy atom. The molecule has 0 amide bonds. The Labute approximate surface area is 211 Å². The summed E-state index contributed by atoms with van der Waals surface area (Å²) in [5, 5.41) is 3.40. The maximum absolute atomic E-state index is 15.2. The van der Waals surface area contributed by atoms with E-state index in [4.69, 9.17) is 43.1 Å². The molecule has 35 heavy (non-hydrogen) atoms. The summed E-state index contributed by atoms with van der Waals surface area (Å²) < 4.78 is 47.3. The second-order valence-corrected chi connectivity index (χ2v) is 9.51. The number of hydrogen-bond acceptors (Lipinski definition) is 6. The van der Waals surface area contributed by atoms with Crippen LogP contribution in [0, 0.1) is 11.6 Å². The number of nitrogens with one attached hydrogen (secondary N) is 1. The van der Waals surface area contributed by atoms with Gasteiger partial charge in [-0.1, -0.05) is 23.2 Å². The second-order valence-electron chi connectivity index (χ2n) is 8.73. The van der Waals surface area contributed by atoms with Crippen LogP contribution in [-0.2, 0) is 0 Å². The number of rotatable bonds is 4. The molecule has 0 radical (unpaired) electrons. The molecule has 2 aliphatic rings. The van der Waals surface area contributed by atoms with Crippen molar-refractivity contribution in [3.8, 4) is 28.4 Å². The Balaban J connectivity index is 1.44. The maximum Gasteiger partial charge on any atom is 0.166 e. The minimum atomic E-state index is -0.753. The predicted octanol–water partition coefficient (Wildman–Crippen LogP) is 5.95. The molecule has 2 aromatic carbocycles. The van der Waals surface area contributed by atoms with E-state index in [1.807, 2.05) is 0 Å². The van der Waals surface area contributed by atoms with Gasteiger partial charge in [-0.05, 0) is 44.3 Å². The van der Waals surface area contributed by atoms with Crippen molar-refractivity contribution in [3.63, 3.8) is 0 Å². The average molecular weight is 522 g/mol. The molecule has 1 atom stereocenters. The summed E-state index contributed by atoms with van der Waals surface area (Å²) in [6, 6.07) is 7.05. The maximum atomic E-state index is 15.2. The van der Waals surface area contributed by atoms with E-state index >= 15 is 4.39 Å². The lowest BCUT2D eigenvalue weighted by atomic mass is 9.92. The van der Waals surface area contributed by atoms with Gasteiger partial charge in [-0.25, -0.2) is 13.8 Å². The quantitative estimate of drug-likeness (QED) is 0.413. The van der Waals surface area contributed by atoms with Gasteiger partial charge in [-0.3, -0.25) is 0 Å². The number of aromatic nitrogens is 1. The summed E-state index contributed by atoms with van der Waals surface area (Å²) in [5.41, 5.74) is 6.51. The summed E-state index contributed by atoms with van der Waals surface area (Å²) in [6.07, 6.45) is 2.26. The first kappa shape index (κ1) is 23.9. The molecule has 6 nitrogen and oxygen atoms in total. The van der Waals surface area contributed by atoms with E-state index in [2.05, 4.69) is 10.3 Å². The molecule has 5 rings (SSSR count). The Morgan fingerprint density at radius 2 is 1.89 bits per heavy atom. The molecule has 3 heterocycles. The molecule has 1 fully saturated rings. The van der Waals surface area contributed by atoms with Crippen LogP contribution in [0.4, 0.5) is 14.6 Å². The van der Waals surface area contributed by atoms with Gasteiger partial charge in [-0.15, -0.1) is 0 Å². The van der Waals surface area contributed by atoms with Crippen LogP contribution in [0.2, 0.25) is 10.0 Å². The predicted molar refractivity (Wildman–Crippen MR) is 130 cm³/mol. The highest BCUT2D eigenvalue weighted by Crippen LogP contribution is 2.43. The van der Waals surface area contributed by atoms with Gasteiger partial charge in [0.05, 0.1) is 5.02 Å². The second kappa shape index (κ2) is 9.33. The first-order valence-corrected chi connectivity index (χ1v) is 11.9.